The molecular weight excluding hydrogens is 128 g/mol. The van der Waals surface area contributed by atoms with Crippen LogP contribution in [0.3, 0.4) is 0 Å². The van der Waals surface area contributed by atoms with Gasteiger partial charge in [-0.05, 0) is 13.3 Å². The van der Waals surface area contributed by atoms with Crippen molar-refractivity contribution in [1.29, 1.82) is 0 Å². The van der Waals surface area contributed by atoms with E-state index in [0.29, 0.717) is 5.96 Å². The molecular formula is C6H12N4. The Bertz CT molecular complexity index is 164. The van der Waals surface area contributed by atoms with Crippen molar-refractivity contribution < 1.29 is 0 Å². The molecule has 4 nitrogen and oxygen atoms in total. The molecule has 0 amide bonds. The van der Waals surface area contributed by atoms with E-state index in [1.54, 1.807) is 0 Å². The predicted octanol–water partition coefficient (Wildman–Crippen LogP) is 0.0588. The molecule has 0 aliphatic carbocycles. The first-order valence-electron chi connectivity index (χ1n) is 3.37. The summed E-state index contributed by atoms with van der Waals surface area (Å²) in [5, 5.41) is 2.82. The Hall–Kier alpha value is -1.06. The predicted molar refractivity (Wildman–Crippen MR) is 41.9 cm³/mol. The van der Waals surface area contributed by atoms with Gasteiger partial charge in [0, 0.05) is 0 Å². The molecule has 1 rings (SSSR count). The summed E-state index contributed by atoms with van der Waals surface area (Å²) in [6.07, 6.45) is 0.931. The van der Waals surface area contributed by atoms with Gasteiger partial charge in [-0.1, -0.05) is 6.92 Å². The highest BCUT2D eigenvalue weighted by Crippen LogP contribution is 2.01. The van der Waals surface area contributed by atoms with Crippen LogP contribution < -0.4 is 11.1 Å². The summed E-state index contributed by atoms with van der Waals surface area (Å²) in [5.41, 5.74) is 5.45. The molecule has 0 saturated heterocycles. The zero-order valence-corrected chi connectivity index (χ0v) is 6.26. The molecule has 4 heteroatoms. The third-order valence-corrected chi connectivity index (χ3v) is 1.30. The molecule has 0 fully saturated rings. The maximum Gasteiger partial charge on any atom is 0.196 e. The summed E-state index contributed by atoms with van der Waals surface area (Å²) in [5.74, 6) is 1.32. The van der Waals surface area contributed by atoms with Gasteiger partial charge in [0.05, 0.1) is 0 Å². The Morgan fingerprint density at radius 1 is 1.60 bits per heavy atom. The fourth-order valence-electron chi connectivity index (χ4n) is 0.845. The van der Waals surface area contributed by atoms with Gasteiger partial charge in [0.2, 0.25) is 0 Å². The molecule has 1 unspecified atom stereocenters. The van der Waals surface area contributed by atoms with E-state index >= 15 is 0 Å². The lowest BCUT2D eigenvalue weighted by Crippen LogP contribution is -2.39. The lowest BCUT2D eigenvalue weighted by Gasteiger charge is -2.15. The largest absolute Gasteiger partial charge is 0.370 e. The van der Waals surface area contributed by atoms with Crippen LogP contribution in [0.5, 0.6) is 0 Å². The summed E-state index contributed by atoms with van der Waals surface area (Å²) < 4.78 is 0. The molecule has 0 spiro atoms. The van der Waals surface area contributed by atoms with Gasteiger partial charge >= 0.3 is 0 Å². The SMILES string of the molecule is CCC1N=C(C)NC(N)=N1. The van der Waals surface area contributed by atoms with Crippen LogP contribution in [-0.2, 0) is 0 Å². The maximum absolute atomic E-state index is 5.45. The number of amidine groups is 1. The molecule has 1 atom stereocenters. The minimum Gasteiger partial charge on any atom is -0.370 e. The van der Waals surface area contributed by atoms with E-state index in [-0.39, 0.29) is 6.17 Å². The van der Waals surface area contributed by atoms with Crippen molar-refractivity contribution in [2.45, 2.75) is 26.4 Å². The summed E-state index contributed by atoms with van der Waals surface area (Å²) >= 11 is 0. The number of guanidine groups is 1. The molecule has 0 saturated carbocycles. The van der Waals surface area contributed by atoms with Gasteiger partial charge < -0.3 is 11.1 Å². The van der Waals surface area contributed by atoms with Crippen LogP contribution in [-0.4, -0.2) is 18.0 Å². The lowest BCUT2D eigenvalue weighted by molar-refractivity contribution is 0.669. The van der Waals surface area contributed by atoms with Gasteiger partial charge in [-0.15, -0.1) is 0 Å². The number of nitrogens with one attached hydrogen (secondary N) is 1. The van der Waals surface area contributed by atoms with Crippen molar-refractivity contribution in [1.82, 2.24) is 5.32 Å². The van der Waals surface area contributed by atoms with Gasteiger partial charge in [0.15, 0.2) is 5.96 Å². The van der Waals surface area contributed by atoms with Crippen LogP contribution in [0.1, 0.15) is 20.3 Å². The van der Waals surface area contributed by atoms with E-state index < -0.39 is 0 Å². The zero-order valence-electron chi connectivity index (χ0n) is 6.26. The Kier molecular flexibility index (Phi) is 1.89. The third kappa shape index (κ3) is 1.46. The smallest absolute Gasteiger partial charge is 0.196 e. The van der Waals surface area contributed by atoms with E-state index in [2.05, 4.69) is 15.3 Å². The first-order valence-corrected chi connectivity index (χ1v) is 3.37. The molecule has 56 valence electrons. The quantitative estimate of drug-likeness (QED) is 0.541. The molecule has 10 heavy (non-hydrogen) atoms. The fourth-order valence-corrected chi connectivity index (χ4v) is 0.845. The summed E-state index contributed by atoms with van der Waals surface area (Å²) in [7, 11) is 0. The highest BCUT2D eigenvalue weighted by molar-refractivity contribution is 5.99. The van der Waals surface area contributed by atoms with E-state index in [4.69, 9.17) is 5.73 Å². The zero-order chi connectivity index (χ0) is 7.56. The summed E-state index contributed by atoms with van der Waals surface area (Å²) in [6.45, 7) is 3.91. The van der Waals surface area contributed by atoms with Gasteiger partial charge in [-0.25, -0.2) is 9.98 Å². The van der Waals surface area contributed by atoms with E-state index in [1.165, 1.54) is 0 Å². The van der Waals surface area contributed by atoms with Gasteiger partial charge in [-0.3, -0.25) is 0 Å². The lowest BCUT2D eigenvalue weighted by atomic mass is 10.4. The van der Waals surface area contributed by atoms with Crippen molar-refractivity contribution >= 4 is 11.8 Å². The van der Waals surface area contributed by atoms with E-state index in [9.17, 15) is 0 Å². The number of hydrogen-bond donors (Lipinski definition) is 2. The van der Waals surface area contributed by atoms with Crippen molar-refractivity contribution in [3.05, 3.63) is 0 Å². The van der Waals surface area contributed by atoms with Crippen molar-refractivity contribution in [2.24, 2.45) is 15.7 Å². The molecule has 1 aliphatic heterocycles. The fraction of sp³-hybridized carbons (Fsp3) is 0.667. The first-order chi connectivity index (χ1) is 4.72. The van der Waals surface area contributed by atoms with Crippen molar-refractivity contribution in [3.63, 3.8) is 0 Å². The number of aliphatic imine (C=N–C) groups is 2. The van der Waals surface area contributed by atoms with E-state index in [1.807, 2.05) is 13.8 Å². The van der Waals surface area contributed by atoms with Gasteiger partial charge in [0.1, 0.15) is 12.0 Å². The van der Waals surface area contributed by atoms with Crippen LogP contribution in [0.25, 0.3) is 0 Å². The standard InChI is InChI=1S/C6H12N4/c1-3-5-8-4(2)9-6(7)10-5/h5H,3H2,1-2H3,(H3,7,8,9,10). The van der Waals surface area contributed by atoms with Crippen molar-refractivity contribution in [2.75, 3.05) is 0 Å². The Morgan fingerprint density at radius 3 is 2.80 bits per heavy atom. The molecule has 0 radical (unpaired) electrons. The molecule has 1 heterocycles. The highest BCUT2D eigenvalue weighted by atomic mass is 15.2. The summed E-state index contributed by atoms with van der Waals surface area (Å²) in [6, 6.07) is 0. The number of rotatable bonds is 1. The maximum atomic E-state index is 5.45. The molecule has 0 aromatic heterocycles. The number of nitrogens with zero attached hydrogens (tertiary/aromatic N) is 2. The Balaban J connectivity index is 2.67. The average Bonchev–Trinajstić information content (AvgIpc) is 1.85. The number of hydrogen-bond acceptors (Lipinski definition) is 4. The van der Waals surface area contributed by atoms with Gasteiger partial charge in [0.25, 0.3) is 0 Å². The average molecular weight is 140 g/mol. The second-order valence-electron chi connectivity index (χ2n) is 2.24. The van der Waals surface area contributed by atoms with E-state index in [0.717, 1.165) is 12.3 Å². The highest BCUT2D eigenvalue weighted by Gasteiger charge is 2.08. The minimum atomic E-state index is 0.0289. The Labute approximate surface area is 60.2 Å². The Morgan fingerprint density at radius 2 is 2.30 bits per heavy atom. The van der Waals surface area contributed by atoms with Crippen LogP contribution in [0.15, 0.2) is 9.98 Å². The summed E-state index contributed by atoms with van der Waals surface area (Å²) in [4.78, 5) is 8.24. The van der Waals surface area contributed by atoms with Crippen LogP contribution in [0.2, 0.25) is 0 Å². The normalized spacial score (nSPS) is 24.8. The second-order valence-corrected chi connectivity index (χ2v) is 2.24. The number of nitrogens with two attached hydrogens (primary N) is 1. The molecule has 3 N–H and O–H groups in total. The topological polar surface area (TPSA) is 62.8 Å². The van der Waals surface area contributed by atoms with Crippen molar-refractivity contribution in [3.8, 4) is 0 Å². The van der Waals surface area contributed by atoms with Crippen LogP contribution in [0.4, 0.5) is 0 Å². The van der Waals surface area contributed by atoms with Crippen LogP contribution in [0, 0.1) is 0 Å². The first kappa shape index (κ1) is 7.05. The molecule has 1 aliphatic rings. The second kappa shape index (κ2) is 2.68. The molecule has 0 bridgehead atoms. The molecule has 0 aromatic rings. The van der Waals surface area contributed by atoms with Gasteiger partial charge in [-0.2, -0.15) is 0 Å². The van der Waals surface area contributed by atoms with Crippen LogP contribution >= 0.6 is 0 Å². The third-order valence-electron chi connectivity index (χ3n) is 1.30. The minimum absolute atomic E-state index is 0.0289. The molecule has 0 aromatic carbocycles. The monoisotopic (exact) mass is 140 g/mol.